The molecule has 0 bridgehead atoms. The van der Waals surface area contributed by atoms with Crippen LogP contribution in [0.25, 0.3) is 0 Å². The van der Waals surface area contributed by atoms with Gasteiger partial charge in [-0.05, 0) is 70.2 Å². The molecular weight excluding hydrogens is 634 g/mol. The number of aryl methyl sites for hydroxylation is 2. The van der Waals surface area contributed by atoms with Gasteiger partial charge in [-0.15, -0.1) is 0 Å². The van der Waals surface area contributed by atoms with Gasteiger partial charge < -0.3 is 14.8 Å². The number of ether oxygens (including phenoxy) is 2. The van der Waals surface area contributed by atoms with E-state index in [-0.39, 0.29) is 59.1 Å². The van der Waals surface area contributed by atoms with E-state index < -0.39 is 38.4 Å². The average molecular weight is 674 g/mol. The van der Waals surface area contributed by atoms with Gasteiger partial charge in [0.2, 0.25) is 0 Å². The number of hydrogen-bond acceptors (Lipinski definition) is 11. The predicted molar refractivity (Wildman–Crippen MR) is 167 cm³/mol. The molecule has 1 N–H and O–H groups in total. The molecule has 248 valence electrons. The van der Waals surface area contributed by atoms with E-state index in [9.17, 15) is 26.4 Å². The summed E-state index contributed by atoms with van der Waals surface area (Å²) in [6.45, 7) is 7.84. The smallest absolute Gasteiger partial charge is 0.333 e. The maximum Gasteiger partial charge on any atom is 0.333 e. The molecule has 0 aromatic heterocycles. The fourth-order valence-corrected chi connectivity index (χ4v) is 7.84. The molecule has 2 aromatic rings. The van der Waals surface area contributed by atoms with Gasteiger partial charge in [0.05, 0.1) is 41.3 Å². The van der Waals surface area contributed by atoms with E-state index in [0.29, 0.717) is 17.8 Å². The molecule has 1 aliphatic heterocycles. The number of rotatable bonds is 10. The van der Waals surface area contributed by atoms with Crippen LogP contribution < -0.4 is 5.32 Å². The lowest BCUT2D eigenvalue weighted by molar-refractivity contribution is -0.139. The van der Waals surface area contributed by atoms with Gasteiger partial charge in [-0.25, -0.2) is 9.59 Å². The maximum atomic E-state index is 12.4. The van der Waals surface area contributed by atoms with Crippen LogP contribution in [0.4, 0.5) is 0 Å². The highest BCUT2D eigenvalue weighted by Crippen LogP contribution is 2.50. The van der Waals surface area contributed by atoms with E-state index in [1.807, 2.05) is 19.9 Å². The highest BCUT2D eigenvalue weighted by Gasteiger charge is 2.49. The monoisotopic (exact) mass is 673 g/mol. The topological polar surface area (TPSA) is 161 Å². The second-order valence-electron chi connectivity index (χ2n) is 11.8. The molecule has 1 saturated heterocycles. The second kappa shape index (κ2) is 13.8. The molecule has 3 aliphatic carbocycles. The first-order chi connectivity index (χ1) is 21.8. The Labute approximate surface area is 270 Å². The van der Waals surface area contributed by atoms with Crippen molar-refractivity contribution in [2.45, 2.75) is 81.0 Å². The van der Waals surface area contributed by atoms with Crippen LogP contribution in [-0.4, -0.2) is 66.3 Å². The van der Waals surface area contributed by atoms with Crippen molar-refractivity contribution in [3.05, 3.63) is 83.0 Å². The van der Waals surface area contributed by atoms with Crippen LogP contribution in [0.3, 0.4) is 0 Å². The third kappa shape index (κ3) is 8.13. The highest BCUT2D eigenvalue weighted by atomic mass is 32.2. The molecule has 13 heteroatoms. The lowest BCUT2D eigenvalue weighted by Gasteiger charge is -2.21. The minimum atomic E-state index is -3.86. The average Bonchev–Trinajstić information content (AvgIpc) is 3.93. The molecule has 6 atom stereocenters. The van der Waals surface area contributed by atoms with E-state index >= 15 is 0 Å². The van der Waals surface area contributed by atoms with Gasteiger partial charge in [-0.3, -0.25) is 8.37 Å². The fraction of sp³-hybridized carbons (Fsp3) is 0.455. The molecule has 1 saturated carbocycles. The minimum Gasteiger partial charge on any atom is -0.463 e. The van der Waals surface area contributed by atoms with Crippen LogP contribution in [0.5, 0.6) is 0 Å². The summed E-state index contributed by atoms with van der Waals surface area (Å²) < 4.78 is 70.4. The Morgan fingerprint density at radius 2 is 1.17 bits per heavy atom. The third-order valence-electron chi connectivity index (χ3n) is 8.27. The van der Waals surface area contributed by atoms with Crippen LogP contribution in [-0.2, 0) is 47.7 Å². The molecule has 2 aromatic carbocycles. The molecule has 2 fully saturated rings. The Morgan fingerprint density at radius 1 is 0.717 bits per heavy atom. The van der Waals surface area contributed by atoms with Gasteiger partial charge in [0, 0.05) is 30.0 Å². The van der Waals surface area contributed by atoms with Gasteiger partial charge in [-0.1, -0.05) is 47.5 Å². The van der Waals surface area contributed by atoms with Crippen LogP contribution in [0.2, 0.25) is 0 Å². The van der Waals surface area contributed by atoms with Crippen LogP contribution in [0, 0.1) is 25.7 Å². The van der Waals surface area contributed by atoms with E-state index in [1.54, 1.807) is 56.3 Å². The normalized spacial score (nSPS) is 26.2. The fourth-order valence-electron chi connectivity index (χ4n) is 5.63. The van der Waals surface area contributed by atoms with Crippen molar-refractivity contribution >= 4 is 32.2 Å². The molecule has 46 heavy (non-hydrogen) atoms. The summed E-state index contributed by atoms with van der Waals surface area (Å²) in [6.07, 6.45) is 3.97. The molecule has 4 aliphatic rings. The lowest BCUT2D eigenvalue weighted by atomic mass is 9.97. The zero-order valence-electron chi connectivity index (χ0n) is 26.2. The van der Waals surface area contributed by atoms with E-state index in [4.69, 9.17) is 17.8 Å². The zero-order chi connectivity index (χ0) is 33.2. The van der Waals surface area contributed by atoms with Crippen molar-refractivity contribution in [3.63, 3.8) is 0 Å². The summed E-state index contributed by atoms with van der Waals surface area (Å²) in [5.74, 6) is -0.394. The van der Waals surface area contributed by atoms with Crippen molar-refractivity contribution < 1.29 is 44.3 Å². The molecule has 1 heterocycles. The number of esters is 2. The number of carbonyl (C=O) groups excluding carboxylic acids is 2. The van der Waals surface area contributed by atoms with Crippen molar-refractivity contribution in [3.8, 4) is 0 Å². The Balaban J connectivity index is 0.000000181. The standard InChI is InChI=1S/C17H20O5S.C16H19NO5S/c1-3-21-17(18)13-8-12-9-15(12)16(10-13)22-23(19,20)14-6-4-11(2)5-7-14;1-3-21-16(18)11-8-13-15(17-13)14(9-11)22-23(19,20)12-6-4-10(2)5-7-12/h4-8,12,15-16H,3,9-10H2,1-2H3;4-8,13-15,17H,3,9H2,1-2H3/t12-,15+,16-;13-,14+,15-/m10/s1. The van der Waals surface area contributed by atoms with Crippen molar-refractivity contribution in [2.24, 2.45) is 11.8 Å². The van der Waals surface area contributed by atoms with Gasteiger partial charge >= 0.3 is 11.9 Å². The van der Waals surface area contributed by atoms with Crippen LogP contribution in [0.1, 0.15) is 44.2 Å². The maximum absolute atomic E-state index is 12.4. The number of benzene rings is 2. The Hall–Kier alpha value is -3.36. The van der Waals surface area contributed by atoms with E-state index in [1.165, 1.54) is 12.1 Å². The second-order valence-corrected chi connectivity index (χ2v) is 15.0. The molecule has 0 spiro atoms. The number of hydrogen-bond donors (Lipinski definition) is 1. The number of nitrogens with one attached hydrogen (secondary N) is 1. The van der Waals surface area contributed by atoms with E-state index in [0.717, 1.165) is 17.5 Å². The molecule has 0 unspecified atom stereocenters. The lowest BCUT2D eigenvalue weighted by Crippen LogP contribution is -2.30. The molecular formula is C33H39NO10S2. The minimum absolute atomic E-state index is 0.0265. The summed E-state index contributed by atoms with van der Waals surface area (Å²) in [6, 6.07) is 12.9. The summed E-state index contributed by atoms with van der Waals surface area (Å²) in [7, 11) is -7.69. The summed E-state index contributed by atoms with van der Waals surface area (Å²) >= 11 is 0. The first-order valence-corrected chi connectivity index (χ1v) is 18.1. The SMILES string of the molecule is CCOC(=O)C1=C[C@@H]2C[C@@H]2[C@H](OS(=O)(=O)c2ccc(C)cc2)C1.CCOC(=O)C1=C[C@@H]2N[C@@H]2[C@H](OS(=O)(=O)c2ccc(C)cc2)C1. The van der Waals surface area contributed by atoms with Crippen molar-refractivity contribution in [2.75, 3.05) is 13.2 Å². The van der Waals surface area contributed by atoms with Crippen molar-refractivity contribution in [1.29, 1.82) is 0 Å². The zero-order valence-corrected chi connectivity index (χ0v) is 27.8. The van der Waals surface area contributed by atoms with Crippen molar-refractivity contribution in [1.82, 2.24) is 5.32 Å². The van der Waals surface area contributed by atoms with Gasteiger partial charge in [-0.2, -0.15) is 16.8 Å². The van der Waals surface area contributed by atoms with Crippen LogP contribution in [0.15, 0.2) is 81.6 Å². The predicted octanol–water partition coefficient (Wildman–Crippen LogP) is 3.90. The quantitative estimate of drug-likeness (QED) is 0.221. The summed E-state index contributed by atoms with van der Waals surface area (Å²) in [4.78, 5) is 24.0. The first kappa shape index (κ1) is 34.0. The number of fused-ring (bicyclic) bond motifs is 2. The molecule has 11 nitrogen and oxygen atoms in total. The van der Waals surface area contributed by atoms with E-state index in [2.05, 4.69) is 5.32 Å². The Bertz CT molecular complexity index is 1600. The first-order valence-electron chi connectivity index (χ1n) is 15.3. The van der Waals surface area contributed by atoms with Gasteiger partial charge in [0.25, 0.3) is 20.2 Å². The van der Waals surface area contributed by atoms with Gasteiger partial charge in [0.1, 0.15) is 0 Å². The summed E-state index contributed by atoms with van der Waals surface area (Å²) in [5.41, 5.74) is 2.94. The number of allylic oxidation sites excluding steroid dienone is 1. The molecule has 6 rings (SSSR count). The molecule has 0 radical (unpaired) electrons. The highest BCUT2D eigenvalue weighted by molar-refractivity contribution is 7.87. The number of carbonyl (C=O) groups is 2. The Kier molecular flexibility index (Phi) is 10.2. The summed E-state index contributed by atoms with van der Waals surface area (Å²) in [5, 5.41) is 3.12. The largest absolute Gasteiger partial charge is 0.463 e. The third-order valence-corrected chi connectivity index (χ3v) is 11.0. The van der Waals surface area contributed by atoms with Crippen LogP contribution >= 0.6 is 0 Å². The Morgan fingerprint density at radius 3 is 1.67 bits per heavy atom. The van der Waals surface area contributed by atoms with Gasteiger partial charge in [0.15, 0.2) is 0 Å². The molecule has 0 amide bonds.